The van der Waals surface area contributed by atoms with Gasteiger partial charge >= 0.3 is 0 Å². The highest BCUT2D eigenvalue weighted by atomic mass is 16.5. The molecular formula is C16H24N2O2. The van der Waals surface area contributed by atoms with Crippen molar-refractivity contribution < 1.29 is 9.53 Å². The van der Waals surface area contributed by atoms with Gasteiger partial charge in [-0.3, -0.25) is 4.79 Å². The third-order valence-electron chi connectivity index (χ3n) is 4.19. The Balaban J connectivity index is 2.03. The molecule has 20 heavy (non-hydrogen) atoms. The average molecular weight is 276 g/mol. The lowest BCUT2D eigenvalue weighted by Crippen LogP contribution is -2.31. The van der Waals surface area contributed by atoms with Crippen LogP contribution in [0.1, 0.15) is 31.4 Å². The summed E-state index contributed by atoms with van der Waals surface area (Å²) in [6.45, 7) is 4.04. The molecule has 1 aliphatic rings. The fraction of sp³-hybridized carbons (Fsp3) is 0.562. The van der Waals surface area contributed by atoms with Crippen LogP contribution in [0.2, 0.25) is 0 Å². The molecule has 1 N–H and O–H groups in total. The summed E-state index contributed by atoms with van der Waals surface area (Å²) in [5.74, 6) is 1.52. The molecule has 1 fully saturated rings. The Morgan fingerprint density at radius 2 is 2.25 bits per heavy atom. The second-order valence-electron chi connectivity index (χ2n) is 5.49. The summed E-state index contributed by atoms with van der Waals surface area (Å²) in [6.07, 6.45) is 1.73. The van der Waals surface area contributed by atoms with E-state index in [0.717, 1.165) is 30.8 Å². The Morgan fingerprint density at radius 3 is 2.90 bits per heavy atom. The molecule has 4 nitrogen and oxygen atoms in total. The number of carbonyl (C=O) groups excluding carboxylic acids is 1. The van der Waals surface area contributed by atoms with E-state index in [-0.39, 0.29) is 11.9 Å². The van der Waals surface area contributed by atoms with Crippen LogP contribution in [0.3, 0.4) is 0 Å². The van der Waals surface area contributed by atoms with Crippen molar-refractivity contribution in [1.29, 1.82) is 0 Å². The molecule has 1 heterocycles. The number of ether oxygens (including phenoxy) is 1. The van der Waals surface area contributed by atoms with Crippen LogP contribution in [0.4, 0.5) is 0 Å². The Bertz CT molecular complexity index is 456. The van der Waals surface area contributed by atoms with Gasteiger partial charge in [0.15, 0.2) is 0 Å². The van der Waals surface area contributed by atoms with Gasteiger partial charge in [0, 0.05) is 19.0 Å². The quantitative estimate of drug-likeness (QED) is 0.896. The van der Waals surface area contributed by atoms with E-state index in [1.54, 1.807) is 7.11 Å². The monoisotopic (exact) mass is 276 g/mol. The van der Waals surface area contributed by atoms with Crippen molar-refractivity contribution in [3.05, 3.63) is 29.8 Å². The molecule has 0 aromatic heterocycles. The minimum atomic E-state index is 0.0213. The molecule has 1 amide bonds. The molecule has 0 unspecified atom stereocenters. The highest BCUT2D eigenvalue weighted by Gasteiger charge is 2.24. The molecule has 110 valence electrons. The van der Waals surface area contributed by atoms with Crippen LogP contribution in [0, 0.1) is 5.92 Å². The number of benzene rings is 1. The number of hydrogen-bond acceptors (Lipinski definition) is 3. The number of para-hydroxylation sites is 1. The van der Waals surface area contributed by atoms with Crippen molar-refractivity contribution in [3.63, 3.8) is 0 Å². The van der Waals surface area contributed by atoms with Crippen LogP contribution in [-0.2, 0) is 4.79 Å². The molecule has 1 aliphatic heterocycles. The average Bonchev–Trinajstić information content (AvgIpc) is 2.98. The van der Waals surface area contributed by atoms with Crippen molar-refractivity contribution in [1.82, 2.24) is 10.2 Å². The van der Waals surface area contributed by atoms with Crippen LogP contribution >= 0.6 is 0 Å². The minimum absolute atomic E-state index is 0.0213. The molecule has 0 bridgehead atoms. The van der Waals surface area contributed by atoms with Crippen LogP contribution in [0.15, 0.2) is 24.3 Å². The van der Waals surface area contributed by atoms with Gasteiger partial charge in [-0.15, -0.1) is 0 Å². The Kier molecular flexibility index (Phi) is 5.01. The first-order valence-electron chi connectivity index (χ1n) is 7.22. The summed E-state index contributed by atoms with van der Waals surface area (Å²) in [6, 6.07) is 7.90. The van der Waals surface area contributed by atoms with Gasteiger partial charge in [-0.1, -0.05) is 18.2 Å². The second kappa shape index (κ2) is 6.75. The summed E-state index contributed by atoms with van der Waals surface area (Å²) in [5.41, 5.74) is 1.05. The summed E-state index contributed by atoms with van der Waals surface area (Å²) in [4.78, 5) is 14.2. The van der Waals surface area contributed by atoms with Crippen molar-refractivity contribution in [2.75, 3.05) is 27.2 Å². The maximum Gasteiger partial charge on any atom is 0.223 e. The van der Waals surface area contributed by atoms with E-state index in [4.69, 9.17) is 4.74 Å². The maximum atomic E-state index is 12.4. The van der Waals surface area contributed by atoms with Gasteiger partial charge in [0.05, 0.1) is 13.2 Å². The van der Waals surface area contributed by atoms with Crippen LogP contribution in [0.25, 0.3) is 0 Å². The molecule has 1 aromatic carbocycles. The number of carbonyl (C=O) groups is 1. The van der Waals surface area contributed by atoms with Crippen molar-refractivity contribution in [3.8, 4) is 5.75 Å². The molecule has 0 saturated carbocycles. The van der Waals surface area contributed by atoms with E-state index in [2.05, 4.69) is 5.32 Å². The van der Waals surface area contributed by atoms with Gasteiger partial charge in [-0.05, 0) is 38.4 Å². The lowest BCUT2D eigenvalue weighted by Gasteiger charge is -2.27. The third-order valence-corrected chi connectivity index (χ3v) is 4.19. The first-order valence-corrected chi connectivity index (χ1v) is 7.22. The molecule has 1 saturated heterocycles. The SMILES string of the molecule is COc1ccccc1[C@@H](C)N(C)C(=O)C[C@H]1CCNC1. The molecule has 2 atom stereocenters. The fourth-order valence-corrected chi connectivity index (χ4v) is 2.72. The predicted molar refractivity (Wildman–Crippen MR) is 79.8 cm³/mol. The molecule has 0 aliphatic carbocycles. The van der Waals surface area contributed by atoms with E-state index in [9.17, 15) is 4.79 Å². The van der Waals surface area contributed by atoms with Crippen molar-refractivity contribution in [2.45, 2.75) is 25.8 Å². The largest absolute Gasteiger partial charge is 0.496 e. The Labute approximate surface area is 121 Å². The third kappa shape index (κ3) is 3.31. The lowest BCUT2D eigenvalue weighted by molar-refractivity contribution is -0.132. The zero-order chi connectivity index (χ0) is 14.5. The number of rotatable bonds is 5. The van der Waals surface area contributed by atoms with E-state index < -0.39 is 0 Å². The number of hydrogen-bond donors (Lipinski definition) is 1. The predicted octanol–water partition coefficient (Wildman–Crippen LogP) is 2.21. The molecule has 0 spiro atoms. The van der Waals surface area contributed by atoms with Crippen molar-refractivity contribution in [2.24, 2.45) is 5.92 Å². The van der Waals surface area contributed by atoms with Gasteiger partial charge in [0.1, 0.15) is 5.75 Å². The normalized spacial score (nSPS) is 19.6. The van der Waals surface area contributed by atoms with Crippen LogP contribution in [0.5, 0.6) is 5.75 Å². The molecule has 1 aromatic rings. The van der Waals surface area contributed by atoms with Crippen molar-refractivity contribution >= 4 is 5.91 Å². The Morgan fingerprint density at radius 1 is 1.50 bits per heavy atom. The molecular weight excluding hydrogens is 252 g/mol. The number of amides is 1. The van der Waals surface area contributed by atoms with Gasteiger partial charge in [-0.25, -0.2) is 0 Å². The van der Waals surface area contributed by atoms with Crippen LogP contribution in [-0.4, -0.2) is 38.1 Å². The molecule has 0 radical (unpaired) electrons. The van der Waals surface area contributed by atoms with Gasteiger partial charge in [0.25, 0.3) is 0 Å². The number of methoxy groups -OCH3 is 1. The van der Waals surface area contributed by atoms with E-state index in [1.807, 2.05) is 43.1 Å². The smallest absolute Gasteiger partial charge is 0.223 e. The zero-order valence-electron chi connectivity index (χ0n) is 12.6. The maximum absolute atomic E-state index is 12.4. The molecule has 4 heteroatoms. The highest BCUT2D eigenvalue weighted by Crippen LogP contribution is 2.29. The minimum Gasteiger partial charge on any atom is -0.496 e. The lowest BCUT2D eigenvalue weighted by atomic mass is 10.0. The standard InChI is InChI=1S/C16H24N2O2/c1-12(14-6-4-5-7-15(14)20-3)18(2)16(19)10-13-8-9-17-11-13/h4-7,12-13,17H,8-11H2,1-3H3/t12-,13-/m1/s1. The van der Waals surface area contributed by atoms with E-state index in [1.165, 1.54) is 0 Å². The molecule has 2 rings (SSSR count). The van der Waals surface area contributed by atoms with Gasteiger partial charge < -0.3 is 15.0 Å². The zero-order valence-corrected chi connectivity index (χ0v) is 12.6. The van der Waals surface area contributed by atoms with Gasteiger partial charge in [-0.2, -0.15) is 0 Å². The van der Waals surface area contributed by atoms with E-state index >= 15 is 0 Å². The summed E-state index contributed by atoms with van der Waals surface area (Å²) in [5, 5.41) is 3.31. The highest BCUT2D eigenvalue weighted by molar-refractivity contribution is 5.76. The Hall–Kier alpha value is -1.55. The number of nitrogens with zero attached hydrogens (tertiary/aromatic N) is 1. The fourth-order valence-electron chi connectivity index (χ4n) is 2.72. The second-order valence-corrected chi connectivity index (χ2v) is 5.49. The first-order chi connectivity index (χ1) is 9.63. The topological polar surface area (TPSA) is 41.6 Å². The number of nitrogens with one attached hydrogen (secondary N) is 1. The van der Waals surface area contributed by atoms with E-state index in [0.29, 0.717) is 12.3 Å². The summed E-state index contributed by atoms with van der Waals surface area (Å²) in [7, 11) is 3.54. The first kappa shape index (κ1) is 14.9. The van der Waals surface area contributed by atoms with Gasteiger partial charge in [0.2, 0.25) is 5.91 Å². The van der Waals surface area contributed by atoms with Crippen LogP contribution < -0.4 is 10.1 Å². The summed E-state index contributed by atoms with van der Waals surface area (Å²) >= 11 is 0. The summed E-state index contributed by atoms with van der Waals surface area (Å²) < 4.78 is 5.38.